The summed E-state index contributed by atoms with van der Waals surface area (Å²) in [6, 6.07) is 0. The fourth-order valence-corrected chi connectivity index (χ4v) is 3.63. The van der Waals surface area contributed by atoms with E-state index in [4.69, 9.17) is 4.74 Å². The molecule has 1 N–H and O–H groups in total. The number of hydrogen-bond donors (Lipinski definition) is 1. The number of hydrogen-bond acceptors (Lipinski definition) is 2. The van der Waals surface area contributed by atoms with Crippen molar-refractivity contribution >= 4 is 0 Å². The third-order valence-corrected chi connectivity index (χ3v) is 7.29. The summed E-state index contributed by atoms with van der Waals surface area (Å²) in [4.78, 5) is 0. The molecule has 2 rings (SSSR count). The molecular weight excluding hydrogens is 258 g/mol. The molecular formula is C19H35NO. The molecule has 1 fully saturated rings. The summed E-state index contributed by atoms with van der Waals surface area (Å²) in [7, 11) is 0. The molecule has 2 nitrogen and oxygen atoms in total. The van der Waals surface area contributed by atoms with Crippen molar-refractivity contribution in [1.29, 1.82) is 0 Å². The Morgan fingerprint density at radius 1 is 1.00 bits per heavy atom. The zero-order valence-electron chi connectivity index (χ0n) is 15.6. The summed E-state index contributed by atoms with van der Waals surface area (Å²) in [6.45, 7) is 22.4. The van der Waals surface area contributed by atoms with Crippen LogP contribution in [-0.4, -0.2) is 18.2 Å². The van der Waals surface area contributed by atoms with Gasteiger partial charge >= 0.3 is 0 Å². The first-order chi connectivity index (χ1) is 9.32. The average Bonchev–Trinajstić information content (AvgIpc) is 2.32. The van der Waals surface area contributed by atoms with Crippen molar-refractivity contribution in [3.05, 3.63) is 11.8 Å². The van der Waals surface area contributed by atoms with Crippen LogP contribution in [0.1, 0.15) is 68.7 Å². The van der Waals surface area contributed by atoms with Gasteiger partial charge in [0, 0.05) is 23.6 Å². The first-order valence-corrected chi connectivity index (χ1v) is 8.39. The first kappa shape index (κ1) is 16.9. The summed E-state index contributed by atoms with van der Waals surface area (Å²) in [5.41, 5.74) is 2.20. The van der Waals surface area contributed by atoms with Crippen LogP contribution in [0.2, 0.25) is 0 Å². The Morgan fingerprint density at radius 2 is 1.57 bits per heavy atom. The standard InChI is InChI=1S/C19H35NO/c1-13-11-21-15(13)14-10-16(2,3)17(4,5)12-20-19(8,9)18(14,6)7/h11,14-15,20H,10,12H2,1-9H3. The van der Waals surface area contributed by atoms with Gasteiger partial charge in [0.2, 0.25) is 0 Å². The van der Waals surface area contributed by atoms with Gasteiger partial charge in [0.15, 0.2) is 0 Å². The zero-order valence-corrected chi connectivity index (χ0v) is 15.6. The number of ether oxygens (including phenoxy) is 1. The second-order valence-corrected chi connectivity index (χ2v) is 9.70. The minimum Gasteiger partial charge on any atom is -0.493 e. The van der Waals surface area contributed by atoms with Gasteiger partial charge in [-0.15, -0.1) is 0 Å². The SMILES string of the molecule is CC1=COC1C1CC(C)(C)C(C)(C)CNC(C)(C)C1(C)C. The van der Waals surface area contributed by atoms with Crippen LogP contribution in [0.25, 0.3) is 0 Å². The van der Waals surface area contributed by atoms with E-state index in [2.05, 4.69) is 67.6 Å². The van der Waals surface area contributed by atoms with Gasteiger partial charge < -0.3 is 10.1 Å². The van der Waals surface area contributed by atoms with Crippen LogP contribution < -0.4 is 5.32 Å². The highest BCUT2D eigenvalue weighted by molar-refractivity contribution is 5.17. The molecule has 122 valence electrons. The van der Waals surface area contributed by atoms with Crippen LogP contribution in [0, 0.1) is 22.2 Å². The van der Waals surface area contributed by atoms with E-state index in [-0.39, 0.29) is 27.9 Å². The molecule has 0 spiro atoms. The molecule has 2 unspecified atom stereocenters. The molecule has 0 aromatic carbocycles. The van der Waals surface area contributed by atoms with Crippen LogP contribution in [0.3, 0.4) is 0 Å². The lowest BCUT2D eigenvalue weighted by Crippen LogP contribution is -2.63. The smallest absolute Gasteiger partial charge is 0.125 e. The van der Waals surface area contributed by atoms with Gasteiger partial charge in [0.25, 0.3) is 0 Å². The molecule has 2 heteroatoms. The van der Waals surface area contributed by atoms with Gasteiger partial charge in [-0.1, -0.05) is 41.5 Å². The first-order valence-electron chi connectivity index (χ1n) is 8.39. The zero-order chi connectivity index (χ0) is 16.3. The lowest BCUT2D eigenvalue weighted by atomic mass is 9.53. The van der Waals surface area contributed by atoms with Crippen molar-refractivity contribution < 1.29 is 4.74 Å². The monoisotopic (exact) mass is 293 g/mol. The predicted octanol–water partition coefficient (Wildman–Crippen LogP) is 4.76. The Balaban J connectivity index is 2.44. The van der Waals surface area contributed by atoms with Crippen LogP contribution in [-0.2, 0) is 4.74 Å². The van der Waals surface area contributed by atoms with E-state index < -0.39 is 0 Å². The summed E-state index contributed by atoms with van der Waals surface area (Å²) in [6.07, 6.45) is 3.42. The van der Waals surface area contributed by atoms with Crippen molar-refractivity contribution in [3.8, 4) is 0 Å². The normalized spacial score (nSPS) is 36.5. The Kier molecular flexibility index (Phi) is 3.81. The van der Waals surface area contributed by atoms with Gasteiger partial charge in [0.05, 0.1) is 6.26 Å². The summed E-state index contributed by atoms with van der Waals surface area (Å²) >= 11 is 0. The second-order valence-electron chi connectivity index (χ2n) is 9.70. The second kappa shape index (κ2) is 4.75. The molecule has 2 aliphatic rings. The van der Waals surface area contributed by atoms with E-state index in [1.165, 1.54) is 12.0 Å². The van der Waals surface area contributed by atoms with E-state index in [1.807, 2.05) is 6.26 Å². The van der Waals surface area contributed by atoms with Gasteiger partial charge in [-0.05, 0) is 43.4 Å². The molecule has 0 amide bonds. The van der Waals surface area contributed by atoms with Crippen molar-refractivity contribution in [2.75, 3.05) is 6.54 Å². The average molecular weight is 293 g/mol. The lowest BCUT2D eigenvalue weighted by Gasteiger charge is -2.58. The van der Waals surface area contributed by atoms with E-state index in [1.54, 1.807) is 0 Å². The topological polar surface area (TPSA) is 21.3 Å². The van der Waals surface area contributed by atoms with Crippen LogP contribution in [0.15, 0.2) is 11.8 Å². The number of rotatable bonds is 1. The molecule has 0 aromatic heterocycles. The summed E-state index contributed by atoms with van der Waals surface area (Å²) in [5.74, 6) is 0.527. The van der Waals surface area contributed by atoms with E-state index in [0.717, 1.165) is 6.54 Å². The predicted molar refractivity (Wildman–Crippen MR) is 90.2 cm³/mol. The Bertz CT molecular complexity index is 440. The summed E-state index contributed by atoms with van der Waals surface area (Å²) < 4.78 is 5.88. The maximum Gasteiger partial charge on any atom is 0.125 e. The Labute approximate surface area is 131 Å². The van der Waals surface area contributed by atoms with Crippen molar-refractivity contribution in [2.45, 2.75) is 80.4 Å². The van der Waals surface area contributed by atoms with E-state index in [0.29, 0.717) is 5.92 Å². The quantitative estimate of drug-likeness (QED) is 0.753. The third kappa shape index (κ3) is 2.54. The molecule has 2 aliphatic heterocycles. The molecule has 0 bridgehead atoms. The molecule has 1 saturated heterocycles. The van der Waals surface area contributed by atoms with Gasteiger partial charge in [-0.25, -0.2) is 0 Å². The molecule has 0 aromatic rings. The minimum absolute atomic E-state index is 0.0880. The van der Waals surface area contributed by atoms with E-state index in [9.17, 15) is 0 Å². The summed E-state index contributed by atoms with van der Waals surface area (Å²) in [5, 5.41) is 3.87. The highest BCUT2D eigenvalue weighted by atomic mass is 16.5. The number of nitrogens with one attached hydrogen (secondary N) is 1. The van der Waals surface area contributed by atoms with E-state index >= 15 is 0 Å². The maximum absolute atomic E-state index is 5.88. The Morgan fingerprint density at radius 3 is 2.00 bits per heavy atom. The van der Waals surface area contributed by atoms with Crippen LogP contribution >= 0.6 is 0 Å². The molecule has 21 heavy (non-hydrogen) atoms. The maximum atomic E-state index is 5.88. The highest BCUT2D eigenvalue weighted by Crippen LogP contribution is 2.54. The Hall–Kier alpha value is -0.500. The van der Waals surface area contributed by atoms with Crippen LogP contribution in [0.4, 0.5) is 0 Å². The fourth-order valence-electron chi connectivity index (χ4n) is 3.63. The molecule has 0 radical (unpaired) electrons. The molecule has 2 heterocycles. The van der Waals surface area contributed by atoms with Gasteiger partial charge in [-0.3, -0.25) is 0 Å². The van der Waals surface area contributed by atoms with Crippen molar-refractivity contribution in [1.82, 2.24) is 5.32 Å². The third-order valence-electron chi connectivity index (χ3n) is 7.29. The van der Waals surface area contributed by atoms with Crippen molar-refractivity contribution in [3.63, 3.8) is 0 Å². The minimum atomic E-state index is 0.0880. The molecule has 0 saturated carbocycles. The lowest BCUT2D eigenvalue weighted by molar-refractivity contribution is -0.0852. The highest BCUT2D eigenvalue weighted by Gasteiger charge is 2.54. The fraction of sp³-hybridized carbons (Fsp3) is 0.895. The van der Waals surface area contributed by atoms with Crippen LogP contribution in [0.5, 0.6) is 0 Å². The largest absolute Gasteiger partial charge is 0.493 e. The van der Waals surface area contributed by atoms with Crippen molar-refractivity contribution in [2.24, 2.45) is 22.2 Å². The van der Waals surface area contributed by atoms with Gasteiger partial charge in [0.1, 0.15) is 6.10 Å². The molecule has 2 atom stereocenters. The molecule has 0 aliphatic carbocycles. The van der Waals surface area contributed by atoms with Gasteiger partial charge in [-0.2, -0.15) is 0 Å².